The van der Waals surface area contributed by atoms with E-state index in [0.29, 0.717) is 39.0 Å². The van der Waals surface area contributed by atoms with Gasteiger partial charge in [0, 0.05) is 19.6 Å². The third-order valence-electron chi connectivity index (χ3n) is 5.33. The lowest BCUT2D eigenvalue weighted by atomic mass is 9.97. The molecule has 0 spiro atoms. The van der Waals surface area contributed by atoms with Gasteiger partial charge < -0.3 is 9.47 Å². The van der Waals surface area contributed by atoms with Crippen LogP contribution in [0.5, 0.6) is 0 Å². The average molecular weight is 396 g/mol. The second-order valence-corrected chi connectivity index (χ2v) is 9.57. The number of ether oxygens (including phenoxy) is 2. The van der Waals surface area contributed by atoms with Crippen molar-refractivity contribution in [2.45, 2.75) is 49.2 Å². The number of carbonyl (C=O) groups excluding carboxylic acids is 1. The Morgan fingerprint density at radius 3 is 2.56 bits per heavy atom. The second-order valence-electron chi connectivity index (χ2n) is 7.35. The van der Waals surface area contributed by atoms with Crippen LogP contribution in [0.2, 0.25) is 0 Å². The summed E-state index contributed by atoms with van der Waals surface area (Å²) in [5.41, 5.74) is 0.778. The quantitative estimate of drug-likeness (QED) is 0.659. The highest BCUT2D eigenvalue weighted by atomic mass is 32.2. The molecular formula is C20H29NO5S. The minimum atomic E-state index is -3.37. The van der Waals surface area contributed by atoms with Gasteiger partial charge in [-0.05, 0) is 24.8 Å². The maximum atomic E-state index is 12.9. The first-order chi connectivity index (χ1) is 13.0. The fourth-order valence-corrected chi connectivity index (χ4v) is 5.88. The van der Waals surface area contributed by atoms with Crippen molar-refractivity contribution in [2.24, 2.45) is 0 Å². The molecule has 1 aromatic carbocycles. The van der Waals surface area contributed by atoms with E-state index in [1.165, 1.54) is 0 Å². The van der Waals surface area contributed by atoms with E-state index in [1.54, 1.807) is 0 Å². The lowest BCUT2D eigenvalue weighted by Gasteiger charge is -2.31. The molecular weight excluding hydrogens is 366 g/mol. The maximum absolute atomic E-state index is 12.9. The van der Waals surface area contributed by atoms with E-state index >= 15 is 0 Å². The summed E-state index contributed by atoms with van der Waals surface area (Å²) in [6.07, 6.45) is 2.73. The van der Waals surface area contributed by atoms with Gasteiger partial charge >= 0.3 is 5.97 Å². The van der Waals surface area contributed by atoms with E-state index in [4.69, 9.17) is 9.47 Å². The largest absolute Gasteiger partial charge is 0.461 e. The van der Waals surface area contributed by atoms with Gasteiger partial charge in [-0.2, -0.15) is 0 Å². The third kappa shape index (κ3) is 6.02. The first-order valence-electron chi connectivity index (χ1n) is 9.80. The summed E-state index contributed by atoms with van der Waals surface area (Å²) < 4.78 is 36.8. The molecule has 7 heteroatoms. The van der Waals surface area contributed by atoms with Crippen LogP contribution in [0.3, 0.4) is 0 Å². The number of rotatable bonds is 7. The molecule has 3 rings (SSSR count). The normalized spacial score (nSPS) is 24.4. The SMILES string of the molecule is O=C(CCN1CCOCC1)O[C@@H]1CCCC[C@@H]1S(=O)(=O)Cc1ccccc1. The Labute approximate surface area is 161 Å². The fourth-order valence-electron chi connectivity index (χ4n) is 3.82. The second kappa shape index (κ2) is 9.66. The molecule has 0 unspecified atom stereocenters. The lowest BCUT2D eigenvalue weighted by Crippen LogP contribution is -2.41. The van der Waals surface area contributed by atoms with E-state index in [2.05, 4.69) is 4.90 Å². The van der Waals surface area contributed by atoms with Gasteiger partial charge in [0.25, 0.3) is 0 Å². The zero-order chi connectivity index (χ0) is 19.1. The molecule has 1 saturated heterocycles. The Kier molecular flexibility index (Phi) is 7.26. The van der Waals surface area contributed by atoms with Crippen molar-refractivity contribution in [3.8, 4) is 0 Å². The van der Waals surface area contributed by atoms with Crippen molar-refractivity contribution in [3.63, 3.8) is 0 Å². The van der Waals surface area contributed by atoms with E-state index in [1.807, 2.05) is 30.3 Å². The third-order valence-corrected chi connectivity index (χ3v) is 7.53. The van der Waals surface area contributed by atoms with Crippen molar-refractivity contribution in [1.29, 1.82) is 0 Å². The van der Waals surface area contributed by atoms with Gasteiger partial charge in [-0.3, -0.25) is 9.69 Å². The lowest BCUT2D eigenvalue weighted by molar-refractivity contribution is -0.150. The molecule has 1 heterocycles. The van der Waals surface area contributed by atoms with Gasteiger partial charge in [0.05, 0.1) is 30.6 Å². The topological polar surface area (TPSA) is 72.9 Å². The van der Waals surface area contributed by atoms with Gasteiger partial charge in [0.15, 0.2) is 9.84 Å². The molecule has 2 fully saturated rings. The predicted octanol–water partition coefficient (Wildman–Crippen LogP) is 2.18. The van der Waals surface area contributed by atoms with Gasteiger partial charge in [0.1, 0.15) is 6.10 Å². The minimum absolute atomic E-state index is 0.000332. The van der Waals surface area contributed by atoms with Crippen molar-refractivity contribution in [3.05, 3.63) is 35.9 Å². The van der Waals surface area contributed by atoms with E-state index in [0.717, 1.165) is 31.5 Å². The Balaban J connectivity index is 1.56. The Bertz CT molecular complexity index is 700. The van der Waals surface area contributed by atoms with Gasteiger partial charge in [-0.15, -0.1) is 0 Å². The highest BCUT2D eigenvalue weighted by Gasteiger charge is 2.37. The average Bonchev–Trinajstić information content (AvgIpc) is 2.68. The molecule has 1 aliphatic heterocycles. The van der Waals surface area contributed by atoms with Crippen LogP contribution in [-0.2, 0) is 29.9 Å². The molecule has 6 nitrogen and oxygen atoms in total. The zero-order valence-corrected chi connectivity index (χ0v) is 16.5. The number of carbonyl (C=O) groups is 1. The summed E-state index contributed by atoms with van der Waals surface area (Å²) in [7, 11) is -3.37. The molecule has 150 valence electrons. The minimum Gasteiger partial charge on any atom is -0.461 e. The van der Waals surface area contributed by atoms with Crippen molar-refractivity contribution < 1.29 is 22.7 Å². The van der Waals surface area contributed by atoms with E-state index in [9.17, 15) is 13.2 Å². The highest BCUT2D eigenvalue weighted by molar-refractivity contribution is 7.91. The van der Waals surface area contributed by atoms with Gasteiger partial charge in [-0.1, -0.05) is 36.8 Å². The molecule has 1 saturated carbocycles. The Hall–Kier alpha value is -1.44. The maximum Gasteiger partial charge on any atom is 0.307 e. The number of benzene rings is 1. The molecule has 0 bridgehead atoms. The number of sulfone groups is 1. The summed E-state index contributed by atoms with van der Waals surface area (Å²) in [5, 5.41) is -0.598. The molecule has 0 N–H and O–H groups in total. The highest BCUT2D eigenvalue weighted by Crippen LogP contribution is 2.29. The molecule has 27 heavy (non-hydrogen) atoms. The van der Waals surface area contributed by atoms with Crippen LogP contribution >= 0.6 is 0 Å². The molecule has 2 atom stereocenters. The first kappa shape index (κ1) is 20.3. The van der Waals surface area contributed by atoms with Gasteiger partial charge in [-0.25, -0.2) is 8.42 Å². The van der Waals surface area contributed by atoms with Crippen LogP contribution < -0.4 is 0 Å². The number of esters is 1. The van der Waals surface area contributed by atoms with Crippen LogP contribution in [0.15, 0.2) is 30.3 Å². The van der Waals surface area contributed by atoms with Gasteiger partial charge in [0.2, 0.25) is 0 Å². The summed E-state index contributed by atoms with van der Waals surface area (Å²) >= 11 is 0. The van der Waals surface area contributed by atoms with Crippen LogP contribution in [0, 0.1) is 0 Å². The number of nitrogens with zero attached hydrogens (tertiary/aromatic N) is 1. The molecule has 0 aromatic heterocycles. The monoisotopic (exact) mass is 395 g/mol. The smallest absolute Gasteiger partial charge is 0.307 e. The summed E-state index contributed by atoms with van der Waals surface area (Å²) in [4.78, 5) is 14.5. The first-order valence-corrected chi connectivity index (χ1v) is 11.5. The van der Waals surface area contributed by atoms with E-state index in [-0.39, 0.29) is 11.7 Å². The molecule has 1 aromatic rings. The van der Waals surface area contributed by atoms with Crippen molar-refractivity contribution in [2.75, 3.05) is 32.8 Å². The van der Waals surface area contributed by atoms with Crippen molar-refractivity contribution >= 4 is 15.8 Å². The number of morpholine rings is 1. The fraction of sp³-hybridized carbons (Fsp3) is 0.650. The van der Waals surface area contributed by atoms with Crippen LogP contribution in [0.4, 0.5) is 0 Å². The standard InChI is InChI=1S/C20H29NO5S/c22-20(10-11-21-12-14-25-15-13-21)26-18-8-4-5-9-19(18)27(23,24)16-17-6-2-1-3-7-17/h1-3,6-7,18-19H,4-5,8-16H2/t18-,19+/m1/s1. The predicted molar refractivity (Wildman–Crippen MR) is 103 cm³/mol. The molecule has 0 radical (unpaired) electrons. The van der Waals surface area contributed by atoms with Crippen LogP contribution in [-0.4, -0.2) is 63.5 Å². The number of hydrogen-bond acceptors (Lipinski definition) is 6. The summed E-state index contributed by atoms with van der Waals surface area (Å²) in [6.45, 7) is 3.67. The van der Waals surface area contributed by atoms with Crippen molar-refractivity contribution in [1.82, 2.24) is 4.90 Å². The molecule has 1 aliphatic carbocycles. The van der Waals surface area contributed by atoms with Crippen LogP contribution in [0.1, 0.15) is 37.7 Å². The Morgan fingerprint density at radius 2 is 1.81 bits per heavy atom. The zero-order valence-electron chi connectivity index (χ0n) is 15.7. The van der Waals surface area contributed by atoms with Crippen LogP contribution in [0.25, 0.3) is 0 Å². The Morgan fingerprint density at radius 1 is 1.11 bits per heavy atom. The molecule has 2 aliphatic rings. The molecule has 0 amide bonds. The summed E-state index contributed by atoms with van der Waals surface area (Å²) in [5.74, 6) is -0.298. The van der Waals surface area contributed by atoms with E-state index < -0.39 is 21.2 Å². The number of hydrogen-bond donors (Lipinski definition) is 0. The summed E-state index contributed by atoms with van der Waals surface area (Å²) in [6, 6.07) is 9.20.